The van der Waals surface area contributed by atoms with E-state index in [-0.39, 0.29) is 11.2 Å². The Bertz CT molecular complexity index is 607. The summed E-state index contributed by atoms with van der Waals surface area (Å²) in [7, 11) is -3.08. The van der Waals surface area contributed by atoms with Gasteiger partial charge in [0, 0.05) is 44.0 Å². The normalized spacial score (nSPS) is 26.7. The summed E-state index contributed by atoms with van der Waals surface area (Å²) >= 11 is 0. The van der Waals surface area contributed by atoms with Crippen LogP contribution in [0.15, 0.2) is 18.5 Å². The molecule has 2 aliphatic rings. The first-order valence-corrected chi connectivity index (χ1v) is 9.65. The van der Waals surface area contributed by atoms with Gasteiger partial charge in [0.1, 0.15) is 0 Å². The topological polar surface area (TPSA) is 66.4 Å². The molecule has 122 valence electrons. The lowest BCUT2D eigenvalue weighted by Gasteiger charge is -2.40. The van der Waals surface area contributed by atoms with Crippen molar-refractivity contribution in [3.8, 4) is 0 Å². The van der Waals surface area contributed by atoms with Crippen LogP contribution in [0.4, 0.5) is 5.95 Å². The van der Waals surface area contributed by atoms with Crippen LogP contribution in [0.3, 0.4) is 0 Å². The van der Waals surface area contributed by atoms with Crippen molar-refractivity contribution in [2.45, 2.75) is 32.6 Å². The van der Waals surface area contributed by atoms with E-state index >= 15 is 0 Å². The molecule has 0 unspecified atom stereocenters. The fourth-order valence-electron chi connectivity index (χ4n) is 3.68. The van der Waals surface area contributed by atoms with Crippen molar-refractivity contribution in [2.75, 3.05) is 36.8 Å². The molecule has 0 aromatic carbocycles. The number of hydrogen-bond donors (Lipinski definition) is 0. The molecule has 6 nitrogen and oxygen atoms in total. The van der Waals surface area contributed by atoms with Crippen LogP contribution in [0.5, 0.6) is 0 Å². The second kappa shape index (κ2) is 6.12. The van der Waals surface area contributed by atoms with Gasteiger partial charge in [0.25, 0.3) is 0 Å². The first-order valence-electron chi connectivity index (χ1n) is 8.04. The zero-order valence-electron chi connectivity index (χ0n) is 13.1. The predicted molar refractivity (Wildman–Crippen MR) is 86.2 cm³/mol. The van der Waals surface area contributed by atoms with Crippen molar-refractivity contribution < 1.29 is 8.42 Å². The zero-order chi connectivity index (χ0) is 15.6. The molecule has 1 aromatic rings. The molecule has 2 saturated heterocycles. The van der Waals surface area contributed by atoms with Crippen molar-refractivity contribution >= 4 is 16.0 Å². The number of anilines is 1. The van der Waals surface area contributed by atoms with E-state index in [4.69, 9.17) is 0 Å². The van der Waals surface area contributed by atoms with E-state index in [0.717, 1.165) is 38.3 Å². The number of sulfonamides is 1. The van der Waals surface area contributed by atoms with E-state index in [1.807, 2.05) is 13.0 Å². The van der Waals surface area contributed by atoms with Gasteiger partial charge in [-0.25, -0.2) is 22.7 Å². The molecule has 0 saturated carbocycles. The maximum absolute atomic E-state index is 12.3. The third-order valence-corrected chi connectivity index (χ3v) is 6.78. The molecule has 1 aromatic heterocycles. The largest absolute Gasteiger partial charge is 0.340 e. The highest BCUT2D eigenvalue weighted by Gasteiger charge is 2.44. The third kappa shape index (κ3) is 3.10. The average molecular weight is 324 g/mol. The van der Waals surface area contributed by atoms with E-state index in [2.05, 4.69) is 14.9 Å². The predicted octanol–water partition coefficient (Wildman–Crippen LogP) is 1.51. The van der Waals surface area contributed by atoms with Crippen LogP contribution >= 0.6 is 0 Å². The van der Waals surface area contributed by atoms with Crippen LogP contribution in [-0.4, -0.2) is 54.6 Å². The fraction of sp³-hybridized carbons (Fsp3) is 0.733. The average Bonchev–Trinajstić information content (AvgIpc) is 2.93. The van der Waals surface area contributed by atoms with E-state index < -0.39 is 10.0 Å². The van der Waals surface area contributed by atoms with Gasteiger partial charge in [-0.2, -0.15) is 0 Å². The van der Waals surface area contributed by atoms with Crippen LogP contribution < -0.4 is 4.90 Å². The minimum Gasteiger partial charge on any atom is -0.340 e. The van der Waals surface area contributed by atoms with Gasteiger partial charge >= 0.3 is 0 Å². The number of hydrogen-bond acceptors (Lipinski definition) is 5. The number of aromatic nitrogens is 2. The Kier molecular flexibility index (Phi) is 4.36. The lowest BCUT2D eigenvalue weighted by atomic mass is 9.79. The minimum atomic E-state index is -3.08. The SMILES string of the molecule is CCCS(=O)(=O)N1CC[C@]2(CCCN(c3ncccn3)C2)C1. The Hall–Kier alpha value is -1.21. The maximum Gasteiger partial charge on any atom is 0.225 e. The van der Waals surface area contributed by atoms with Gasteiger partial charge in [0.05, 0.1) is 5.75 Å². The van der Waals surface area contributed by atoms with Crippen LogP contribution in [0.2, 0.25) is 0 Å². The van der Waals surface area contributed by atoms with Crippen molar-refractivity contribution in [1.29, 1.82) is 0 Å². The summed E-state index contributed by atoms with van der Waals surface area (Å²) in [6.07, 6.45) is 7.30. The first-order chi connectivity index (χ1) is 10.5. The van der Waals surface area contributed by atoms with Crippen LogP contribution in [0.1, 0.15) is 32.6 Å². The summed E-state index contributed by atoms with van der Waals surface area (Å²) < 4.78 is 26.3. The third-order valence-electron chi connectivity index (χ3n) is 4.76. The zero-order valence-corrected chi connectivity index (χ0v) is 13.9. The molecular formula is C15H24N4O2S. The van der Waals surface area contributed by atoms with Crippen molar-refractivity contribution in [1.82, 2.24) is 14.3 Å². The lowest BCUT2D eigenvalue weighted by Crippen LogP contribution is -2.46. The smallest absolute Gasteiger partial charge is 0.225 e. The highest BCUT2D eigenvalue weighted by atomic mass is 32.2. The van der Waals surface area contributed by atoms with E-state index in [1.54, 1.807) is 16.7 Å². The standard InChI is InChI=1S/C15H24N4O2S/c1-2-11-22(20,21)19-10-6-15(13-19)5-3-9-18(12-15)14-16-7-4-8-17-14/h4,7-8H,2-3,5-6,9-13H2,1H3/t15-/m0/s1. The molecule has 22 heavy (non-hydrogen) atoms. The van der Waals surface area contributed by atoms with Gasteiger partial charge in [-0.05, 0) is 31.7 Å². The number of rotatable bonds is 4. The molecule has 0 aliphatic carbocycles. The molecule has 0 amide bonds. The molecule has 0 radical (unpaired) electrons. The summed E-state index contributed by atoms with van der Waals surface area (Å²) in [4.78, 5) is 10.9. The second-order valence-electron chi connectivity index (χ2n) is 6.47. The van der Waals surface area contributed by atoms with Gasteiger partial charge in [0.15, 0.2) is 0 Å². The molecular weight excluding hydrogens is 300 g/mol. The Balaban J connectivity index is 1.72. The van der Waals surface area contributed by atoms with Crippen molar-refractivity contribution in [2.24, 2.45) is 5.41 Å². The lowest BCUT2D eigenvalue weighted by molar-refractivity contribution is 0.246. The van der Waals surface area contributed by atoms with E-state index in [0.29, 0.717) is 19.5 Å². The van der Waals surface area contributed by atoms with Gasteiger partial charge in [0.2, 0.25) is 16.0 Å². The molecule has 0 N–H and O–H groups in total. The van der Waals surface area contributed by atoms with Crippen molar-refractivity contribution in [3.63, 3.8) is 0 Å². The van der Waals surface area contributed by atoms with E-state index in [9.17, 15) is 8.42 Å². The summed E-state index contributed by atoms with van der Waals surface area (Å²) in [6.45, 7) is 5.03. The second-order valence-corrected chi connectivity index (χ2v) is 8.56. The van der Waals surface area contributed by atoms with Gasteiger partial charge < -0.3 is 4.90 Å². The van der Waals surface area contributed by atoms with Gasteiger partial charge in [-0.15, -0.1) is 0 Å². The molecule has 0 bridgehead atoms. The summed E-state index contributed by atoms with van der Waals surface area (Å²) in [5.41, 5.74) is 0.0677. The Morgan fingerprint density at radius 2 is 1.95 bits per heavy atom. The summed E-state index contributed by atoms with van der Waals surface area (Å²) in [5.74, 6) is 1.02. The van der Waals surface area contributed by atoms with Crippen LogP contribution in [0, 0.1) is 5.41 Å². The molecule has 1 atom stereocenters. The van der Waals surface area contributed by atoms with Crippen LogP contribution in [-0.2, 0) is 10.0 Å². The molecule has 2 aliphatic heterocycles. The van der Waals surface area contributed by atoms with E-state index in [1.165, 1.54) is 0 Å². The first kappa shape index (κ1) is 15.7. The Labute approximate surface area is 132 Å². The summed E-state index contributed by atoms with van der Waals surface area (Å²) in [6, 6.07) is 1.82. The monoisotopic (exact) mass is 324 g/mol. The molecule has 1 spiro atoms. The number of piperidine rings is 1. The van der Waals surface area contributed by atoms with Crippen molar-refractivity contribution in [3.05, 3.63) is 18.5 Å². The Morgan fingerprint density at radius 3 is 2.68 bits per heavy atom. The molecule has 3 heterocycles. The van der Waals surface area contributed by atoms with Crippen LogP contribution in [0.25, 0.3) is 0 Å². The highest BCUT2D eigenvalue weighted by molar-refractivity contribution is 7.89. The minimum absolute atomic E-state index is 0.0677. The Morgan fingerprint density at radius 1 is 1.18 bits per heavy atom. The fourth-order valence-corrected chi connectivity index (χ4v) is 5.30. The highest BCUT2D eigenvalue weighted by Crippen LogP contribution is 2.40. The molecule has 3 rings (SSSR count). The maximum atomic E-state index is 12.3. The van der Waals surface area contributed by atoms with Gasteiger partial charge in [-0.3, -0.25) is 0 Å². The van der Waals surface area contributed by atoms with Gasteiger partial charge in [-0.1, -0.05) is 6.92 Å². The molecule has 2 fully saturated rings. The summed E-state index contributed by atoms with van der Waals surface area (Å²) in [5, 5.41) is 0. The molecule has 7 heteroatoms. The quantitative estimate of drug-likeness (QED) is 0.840. The number of nitrogens with zero attached hydrogens (tertiary/aromatic N) is 4.